The number of nitrogens with two attached hydrogens (primary N) is 1. The van der Waals surface area contributed by atoms with Crippen molar-refractivity contribution in [1.82, 2.24) is 14.5 Å². The fourth-order valence-corrected chi connectivity index (χ4v) is 3.07. The van der Waals surface area contributed by atoms with E-state index in [9.17, 15) is 4.79 Å². The maximum Gasteiger partial charge on any atom is 0.341 e. The lowest BCUT2D eigenvalue weighted by atomic mass is 10.1. The fraction of sp³-hybridized carbons (Fsp3) is 0.471. The summed E-state index contributed by atoms with van der Waals surface area (Å²) in [6, 6.07) is 2.96. The molecular formula is C17H26N4O3Si. The van der Waals surface area contributed by atoms with Crippen molar-refractivity contribution in [1.29, 1.82) is 0 Å². The Balaban J connectivity index is 2.20. The van der Waals surface area contributed by atoms with Crippen molar-refractivity contribution < 1.29 is 14.3 Å². The van der Waals surface area contributed by atoms with Crippen molar-refractivity contribution in [2.45, 2.75) is 39.3 Å². The first-order valence-corrected chi connectivity index (χ1v) is 12.0. The molecule has 2 aromatic heterocycles. The van der Waals surface area contributed by atoms with Crippen molar-refractivity contribution >= 4 is 30.6 Å². The maximum absolute atomic E-state index is 12.1. The minimum atomic E-state index is -1.11. The van der Waals surface area contributed by atoms with Crippen LogP contribution in [0, 0.1) is 0 Å². The summed E-state index contributed by atoms with van der Waals surface area (Å²) in [4.78, 5) is 20.6. The lowest BCUT2D eigenvalue weighted by Crippen LogP contribution is -2.22. The molecule has 2 aromatic rings. The lowest BCUT2D eigenvalue weighted by Gasteiger charge is -2.15. The summed E-state index contributed by atoms with van der Waals surface area (Å²) in [6.07, 6.45) is 4.51. The molecule has 0 atom stereocenters. The summed E-state index contributed by atoms with van der Waals surface area (Å²) in [5.41, 5.74) is 7.01. The molecule has 0 aromatic carbocycles. The second kappa shape index (κ2) is 8.26. The van der Waals surface area contributed by atoms with E-state index in [-0.39, 0.29) is 12.2 Å². The zero-order chi connectivity index (χ0) is 18.4. The molecule has 0 bridgehead atoms. The number of hydrogen-bond acceptors (Lipinski definition) is 6. The Hall–Kier alpha value is -2.19. The minimum absolute atomic E-state index is 0.228. The summed E-state index contributed by atoms with van der Waals surface area (Å²) in [6.45, 7) is 10.1. The Kier molecular flexibility index (Phi) is 6.32. The largest absolute Gasteiger partial charge is 0.462 e. The molecular weight excluding hydrogens is 336 g/mol. The average molecular weight is 363 g/mol. The first kappa shape index (κ1) is 19.1. The van der Waals surface area contributed by atoms with Crippen LogP contribution in [0.5, 0.6) is 0 Å². The normalized spacial score (nSPS) is 12.6. The smallest absolute Gasteiger partial charge is 0.341 e. The quantitative estimate of drug-likeness (QED) is 0.336. The van der Waals surface area contributed by atoms with Crippen molar-refractivity contribution in [2.75, 3.05) is 13.2 Å². The number of ether oxygens (including phenoxy) is 2. The molecule has 0 aliphatic carbocycles. The van der Waals surface area contributed by atoms with Gasteiger partial charge in [0.05, 0.1) is 12.3 Å². The number of nitrogens with zero attached hydrogens (tertiary/aromatic N) is 3. The first-order chi connectivity index (χ1) is 11.9. The summed E-state index contributed by atoms with van der Waals surface area (Å²) >= 11 is 0. The van der Waals surface area contributed by atoms with Crippen LogP contribution >= 0.6 is 0 Å². The van der Waals surface area contributed by atoms with E-state index in [1.807, 2.05) is 16.8 Å². The Morgan fingerprint density at radius 1 is 1.36 bits per heavy atom. The van der Waals surface area contributed by atoms with E-state index in [1.54, 1.807) is 6.92 Å². The molecule has 8 heteroatoms. The Labute approximate surface area is 148 Å². The van der Waals surface area contributed by atoms with E-state index in [4.69, 9.17) is 15.2 Å². The summed E-state index contributed by atoms with van der Waals surface area (Å²) in [5.74, 6) is -0.496. The molecule has 0 radical (unpaired) electrons. The van der Waals surface area contributed by atoms with Gasteiger partial charge in [-0.05, 0) is 19.0 Å². The molecule has 2 rings (SSSR count). The molecule has 0 aliphatic heterocycles. The van der Waals surface area contributed by atoms with E-state index in [1.165, 1.54) is 12.5 Å². The number of carbonyl (C=O) groups excluding carboxylic acids is 1. The van der Waals surface area contributed by atoms with Crippen LogP contribution in [-0.4, -0.2) is 41.8 Å². The molecule has 0 unspecified atom stereocenters. The zero-order valence-corrected chi connectivity index (χ0v) is 16.3. The van der Waals surface area contributed by atoms with Crippen LogP contribution in [0.25, 0.3) is 16.6 Å². The summed E-state index contributed by atoms with van der Waals surface area (Å²) in [5, 5.41) is 0.737. The highest BCUT2D eigenvalue weighted by Gasteiger charge is 2.19. The Bertz CT molecular complexity index is 765. The van der Waals surface area contributed by atoms with Gasteiger partial charge in [-0.15, -0.1) is 0 Å². The molecule has 0 spiro atoms. The van der Waals surface area contributed by atoms with E-state index in [0.29, 0.717) is 18.1 Å². The van der Waals surface area contributed by atoms with Gasteiger partial charge in [-0.3, -0.25) is 0 Å². The van der Waals surface area contributed by atoms with Gasteiger partial charge in [-0.2, -0.15) is 0 Å². The molecule has 0 amide bonds. The van der Waals surface area contributed by atoms with Gasteiger partial charge in [0.15, 0.2) is 0 Å². The van der Waals surface area contributed by atoms with E-state index in [0.717, 1.165) is 18.0 Å². The fourth-order valence-electron chi connectivity index (χ4n) is 2.32. The number of carbonyl (C=O) groups is 1. The van der Waals surface area contributed by atoms with Crippen molar-refractivity contribution in [3.63, 3.8) is 0 Å². The van der Waals surface area contributed by atoms with Crippen molar-refractivity contribution in [2.24, 2.45) is 5.73 Å². The Morgan fingerprint density at radius 2 is 2.12 bits per heavy atom. The van der Waals surface area contributed by atoms with Gasteiger partial charge in [0.2, 0.25) is 0 Å². The van der Waals surface area contributed by atoms with Gasteiger partial charge < -0.3 is 19.8 Å². The first-order valence-electron chi connectivity index (χ1n) is 8.34. The van der Waals surface area contributed by atoms with Crippen LogP contribution in [-0.2, 0) is 21.0 Å². The third-order valence-corrected chi connectivity index (χ3v) is 5.40. The molecule has 0 aliphatic rings. The SMILES string of the molecule is CCOC(=O)/C(=C/N)c1ncnc2c1ccn2COCC[Si](C)(C)C. The van der Waals surface area contributed by atoms with Crippen LogP contribution in [0.2, 0.25) is 25.7 Å². The molecule has 136 valence electrons. The number of fused-ring (bicyclic) bond motifs is 1. The van der Waals surface area contributed by atoms with E-state index < -0.39 is 14.0 Å². The molecule has 0 saturated heterocycles. The maximum atomic E-state index is 12.1. The molecule has 2 N–H and O–H groups in total. The van der Waals surface area contributed by atoms with Gasteiger partial charge in [0, 0.05) is 32.5 Å². The third kappa shape index (κ3) is 4.89. The summed E-state index contributed by atoms with van der Waals surface area (Å²) in [7, 11) is -1.11. The van der Waals surface area contributed by atoms with E-state index in [2.05, 4.69) is 29.6 Å². The molecule has 25 heavy (non-hydrogen) atoms. The topological polar surface area (TPSA) is 92.3 Å². The average Bonchev–Trinajstić information content (AvgIpc) is 2.96. The number of rotatable bonds is 8. The third-order valence-electron chi connectivity index (χ3n) is 3.70. The highest BCUT2D eigenvalue weighted by molar-refractivity contribution is 6.76. The number of aromatic nitrogens is 3. The number of esters is 1. The molecule has 0 fully saturated rings. The second-order valence-electron chi connectivity index (χ2n) is 6.89. The second-order valence-corrected chi connectivity index (χ2v) is 12.5. The highest BCUT2D eigenvalue weighted by Crippen LogP contribution is 2.23. The van der Waals surface area contributed by atoms with Crippen LogP contribution in [0.1, 0.15) is 12.6 Å². The molecule has 2 heterocycles. The predicted octanol–water partition coefficient (Wildman–Crippen LogP) is 2.61. The standard InChI is InChI=1S/C17H26N4O3Si/c1-5-24-17(22)14(10-18)15-13-6-7-21(16(13)20-11-19-15)12-23-8-9-25(2,3)4/h6-7,10-11H,5,8-9,12,18H2,1-4H3/b14-10+. The predicted molar refractivity (Wildman–Crippen MR) is 100 cm³/mol. The van der Waals surface area contributed by atoms with Crippen molar-refractivity contribution in [3.05, 3.63) is 30.5 Å². The van der Waals surface area contributed by atoms with Gasteiger partial charge in [-0.1, -0.05) is 19.6 Å². The lowest BCUT2D eigenvalue weighted by molar-refractivity contribution is -0.136. The van der Waals surface area contributed by atoms with Gasteiger partial charge in [-0.25, -0.2) is 14.8 Å². The van der Waals surface area contributed by atoms with Crippen LogP contribution in [0.4, 0.5) is 0 Å². The zero-order valence-electron chi connectivity index (χ0n) is 15.3. The van der Waals surface area contributed by atoms with Gasteiger partial charge >= 0.3 is 5.97 Å². The van der Waals surface area contributed by atoms with Gasteiger partial charge in [0.25, 0.3) is 0 Å². The summed E-state index contributed by atoms with van der Waals surface area (Å²) < 4.78 is 12.7. The monoisotopic (exact) mass is 362 g/mol. The van der Waals surface area contributed by atoms with Crippen LogP contribution in [0.15, 0.2) is 24.8 Å². The van der Waals surface area contributed by atoms with Crippen LogP contribution in [0.3, 0.4) is 0 Å². The van der Waals surface area contributed by atoms with Crippen molar-refractivity contribution in [3.8, 4) is 0 Å². The number of hydrogen-bond donors (Lipinski definition) is 1. The van der Waals surface area contributed by atoms with E-state index >= 15 is 0 Å². The molecule has 0 saturated carbocycles. The van der Waals surface area contributed by atoms with Gasteiger partial charge in [0.1, 0.15) is 24.3 Å². The molecule has 7 nitrogen and oxygen atoms in total. The highest BCUT2D eigenvalue weighted by atomic mass is 28.3. The Morgan fingerprint density at radius 3 is 2.76 bits per heavy atom. The minimum Gasteiger partial charge on any atom is -0.462 e. The van der Waals surface area contributed by atoms with Crippen LogP contribution < -0.4 is 5.73 Å².